The van der Waals surface area contributed by atoms with Gasteiger partial charge in [-0.05, 0) is 26.0 Å². The SMILES string of the molecule is COC(=O)c1ccccc1NC(=O)CNS(=O)(=O)c1c(C)n[nH]c1C. The fourth-order valence-electron chi connectivity index (χ4n) is 2.24. The van der Waals surface area contributed by atoms with Crippen molar-refractivity contribution in [1.82, 2.24) is 14.9 Å². The number of H-pyrrole nitrogens is 1. The molecule has 134 valence electrons. The molecule has 9 nitrogen and oxygen atoms in total. The van der Waals surface area contributed by atoms with Crippen molar-refractivity contribution in [1.29, 1.82) is 0 Å². The van der Waals surface area contributed by atoms with Crippen LogP contribution >= 0.6 is 0 Å². The molecule has 0 unspecified atom stereocenters. The minimum atomic E-state index is -3.89. The average Bonchev–Trinajstić information content (AvgIpc) is 2.92. The Balaban J connectivity index is 2.08. The maximum Gasteiger partial charge on any atom is 0.339 e. The van der Waals surface area contributed by atoms with Crippen LogP contribution in [0.5, 0.6) is 0 Å². The number of rotatable bonds is 6. The van der Waals surface area contributed by atoms with Crippen LogP contribution in [0.25, 0.3) is 0 Å². The van der Waals surface area contributed by atoms with E-state index in [0.717, 1.165) is 0 Å². The molecule has 3 N–H and O–H groups in total. The molecule has 2 rings (SSSR count). The Morgan fingerprint density at radius 3 is 2.52 bits per heavy atom. The number of hydrogen-bond acceptors (Lipinski definition) is 6. The van der Waals surface area contributed by atoms with E-state index in [1.54, 1.807) is 26.0 Å². The summed E-state index contributed by atoms with van der Waals surface area (Å²) in [5.74, 6) is -1.24. The number of aromatic amines is 1. The van der Waals surface area contributed by atoms with Crippen LogP contribution in [-0.2, 0) is 19.6 Å². The highest BCUT2D eigenvalue weighted by atomic mass is 32.2. The first-order chi connectivity index (χ1) is 11.8. The first kappa shape index (κ1) is 18.6. The number of anilines is 1. The van der Waals surface area contributed by atoms with Crippen molar-refractivity contribution in [2.75, 3.05) is 19.0 Å². The topological polar surface area (TPSA) is 130 Å². The minimum Gasteiger partial charge on any atom is -0.465 e. The third kappa shape index (κ3) is 4.22. The number of para-hydroxylation sites is 1. The van der Waals surface area contributed by atoms with E-state index in [0.29, 0.717) is 11.4 Å². The van der Waals surface area contributed by atoms with E-state index in [1.165, 1.54) is 19.2 Å². The zero-order chi connectivity index (χ0) is 18.6. The highest BCUT2D eigenvalue weighted by molar-refractivity contribution is 7.89. The van der Waals surface area contributed by atoms with Crippen molar-refractivity contribution in [3.05, 3.63) is 41.2 Å². The lowest BCUT2D eigenvalue weighted by atomic mass is 10.2. The number of esters is 1. The third-order valence-corrected chi connectivity index (χ3v) is 5.02. The molecule has 0 spiro atoms. The zero-order valence-electron chi connectivity index (χ0n) is 13.9. The Morgan fingerprint density at radius 1 is 1.24 bits per heavy atom. The minimum absolute atomic E-state index is 0.00950. The number of carbonyl (C=O) groups excluding carboxylic acids is 2. The largest absolute Gasteiger partial charge is 0.465 e. The Kier molecular flexibility index (Phi) is 5.55. The van der Waals surface area contributed by atoms with E-state index in [1.807, 2.05) is 0 Å². The standard InChI is InChI=1S/C15H18N4O5S/c1-9-14(10(2)19-18-9)25(22,23)16-8-13(20)17-12-7-5-4-6-11(12)15(21)24-3/h4-7,16H,8H2,1-3H3,(H,17,20)(H,18,19). The highest BCUT2D eigenvalue weighted by Gasteiger charge is 2.23. The van der Waals surface area contributed by atoms with Crippen molar-refractivity contribution in [3.8, 4) is 0 Å². The van der Waals surface area contributed by atoms with Gasteiger partial charge in [0.25, 0.3) is 0 Å². The lowest BCUT2D eigenvalue weighted by Gasteiger charge is -2.10. The van der Waals surface area contributed by atoms with Crippen molar-refractivity contribution >= 4 is 27.6 Å². The number of carbonyl (C=O) groups is 2. The molecule has 10 heteroatoms. The van der Waals surface area contributed by atoms with E-state index in [4.69, 9.17) is 0 Å². The maximum absolute atomic E-state index is 12.3. The van der Waals surface area contributed by atoms with Crippen LogP contribution in [0.15, 0.2) is 29.2 Å². The number of methoxy groups -OCH3 is 1. The van der Waals surface area contributed by atoms with E-state index in [9.17, 15) is 18.0 Å². The van der Waals surface area contributed by atoms with Crippen LogP contribution in [0.2, 0.25) is 0 Å². The maximum atomic E-state index is 12.3. The van der Waals surface area contributed by atoms with Crippen LogP contribution in [-0.4, -0.2) is 44.1 Å². The van der Waals surface area contributed by atoms with Crippen molar-refractivity contribution in [3.63, 3.8) is 0 Å². The van der Waals surface area contributed by atoms with E-state index in [2.05, 4.69) is 25.0 Å². The van der Waals surface area contributed by atoms with Crippen molar-refractivity contribution < 1.29 is 22.7 Å². The highest BCUT2D eigenvalue weighted by Crippen LogP contribution is 2.17. The molecular weight excluding hydrogens is 348 g/mol. The molecule has 0 aliphatic carbocycles. The van der Waals surface area contributed by atoms with E-state index >= 15 is 0 Å². The fourth-order valence-corrected chi connectivity index (χ4v) is 3.59. The number of benzene rings is 1. The van der Waals surface area contributed by atoms with Crippen LogP contribution in [0.1, 0.15) is 21.7 Å². The average molecular weight is 366 g/mol. The predicted octanol–water partition coefficient (Wildman–Crippen LogP) is 0.730. The summed E-state index contributed by atoms with van der Waals surface area (Å²) in [6, 6.07) is 6.26. The quantitative estimate of drug-likeness (QED) is 0.646. The summed E-state index contributed by atoms with van der Waals surface area (Å²) in [6.45, 7) is 2.62. The van der Waals surface area contributed by atoms with Gasteiger partial charge in [-0.2, -0.15) is 5.10 Å². The van der Waals surface area contributed by atoms with Gasteiger partial charge >= 0.3 is 5.97 Å². The number of nitrogens with zero attached hydrogens (tertiary/aromatic N) is 1. The molecule has 0 fully saturated rings. The predicted molar refractivity (Wildman–Crippen MR) is 89.7 cm³/mol. The van der Waals surface area contributed by atoms with Gasteiger partial charge in [-0.1, -0.05) is 12.1 Å². The zero-order valence-corrected chi connectivity index (χ0v) is 14.7. The van der Waals surface area contributed by atoms with Crippen LogP contribution < -0.4 is 10.0 Å². The monoisotopic (exact) mass is 366 g/mol. The van der Waals surface area contributed by atoms with Crippen molar-refractivity contribution in [2.24, 2.45) is 0 Å². The van der Waals surface area contributed by atoms with Gasteiger partial charge < -0.3 is 10.1 Å². The Hall–Kier alpha value is -2.72. The number of nitrogens with one attached hydrogen (secondary N) is 3. The van der Waals surface area contributed by atoms with Gasteiger partial charge in [0.15, 0.2) is 0 Å². The van der Waals surface area contributed by atoms with Crippen LogP contribution in [0.3, 0.4) is 0 Å². The molecule has 0 radical (unpaired) electrons. The number of hydrogen-bond donors (Lipinski definition) is 3. The van der Waals surface area contributed by atoms with Crippen LogP contribution in [0.4, 0.5) is 5.69 Å². The van der Waals surface area contributed by atoms with E-state index in [-0.39, 0.29) is 16.1 Å². The van der Waals surface area contributed by atoms with Gasteiger partial charge in [0, 0.05) is 0 Å². The smallest absolute Gasteiger partial charge is 0.339 e. The first-order valence-electron chi connectivity index (χ1n) is 7.24. The van der Waals surface area contributed by atoms with Gasteiger partial charge in [0.2, 0.25) is 15.9 Å². The van der Waals surface area contributed by atoms with E-state index < -0.39 is 28.4 Å². The molecule has 1 aromatic heterocycles. The molecule has 1 aromatic carbocycles. The lowest BCUT2D eigenvalue weighted by Crippen LogP contribution is -2.33. The molecule has 1 amide bonds. The molecule has 25 heavy (non-hydrogen) atoms. The fraction of sp³-hybridized carbons (Fsp3) is 0.267. The Labute approximate surface area is 144 Å². The molecule has 0 atom stereocenters. The third-order valence-electron chi connectivity index (χ3n) is 3.36. The number of amides is 1. The van der Waals surface area contributed by atoms with Crippen LogP contribution in [0, 0.1) is 13.8 Å². The summed E-state index contributed by atoms with van der Waals surface area (Å²) in [5.41, 5.74) is 1.08. The molecule has 2 aromatic rings. The number of aryl methyl sites for hydroxylation is 2. The summed E-state index contributed by atoms with van der Waals surface area (Å²) in [7, 11) is -2.67. The summed E-state index contributed by atoms with van der Waals surface area (Å²) >= 11 is 0. The number of sulfonamides is 1. The summed E-state index contributed by atoms with van der Waals surface area (Å²) in [6.07, 6.45) is 0. The van der Waals surface area contributed by atoms with Gasteiger partial charge in [-0.15, -0.1) is 0 Å². The number of aromatic nitrogens is 2. The lowest BCUT2D eigenvalue weighted by molar-refractivity contribution is -0.115. The van der Waals surface area contributed by atoms with Gasteiger partial charge in [-0.25, -0.2) is 17.9 Å². The molecule has 0 saturated heterocycles. The normalized spacial score (nSPS) is 11.2. The van der Waals surface area contributed by atoms with Crippen molar-refractivity contribution in [2.45, 2.75) is 18.7 Å². The summed E-state index contributed by atoms with van der Waals surface area (Å²) in [4.78, 5) is 23.7. The number of ether oxygens (including phenoxy) is 1. The molecule has 1 heterocycles. The first-order valence-corrected chi connectivity index (χ1v) is 8.73. The van der Waals surface area contributed by atoms with Gasteiger partial charge in [0.05, 0.1) is 36.3 Å². The Morgan fingerprint density at radius 2 is 1.92 bits per heavy atom. The second-order valence-electron chi connectivity index (χ2n) is 5.17. The molecule has 0 aliphatic rings. The van der Waals surface area contributed by atoms with Gasteiger partial charge in [-0.3, -0.25) is 9.89 Å². The van der Waals surface area contributed by atoms with Gasteiger partial charge in [0.1, 0.15) is 4.90 Å². The molecule has 0 bridgehead atoms. The second kappa shape index (κ2) is 7.45. The Bertz CT molecular complexity index is 885. The second-order valence-corrected chi connectivity index (χ2v) is 6.88. The molecule has 0 saturated carbocycles. The summed E-state index contributed by atoms with van der Waals surface area (Å²) < 4.78 is 31.4. The molecular formula is C15H18N4O5S. The summed E-state index contributed by atoms with van der Waals surface area (Å²) in [5, 5.41) is 8.88. The molecule has 0 aliphatic heterocycles.